The van der Waals surface area contributed by atoms with Crippen molar-refractivity contribution in [3.63, 3.8) is 0 Å². The smallest absolute Gasteiger partial charge is 0.151 e. The zero-order valence-corrected chi connectivity index (χ0v) is 20.8. The van der Waals surface area contributed by atoms with E-state index in [0.717, 1.165) is 28.0 Å². The molecule has 0 saturated carbocycles. The van der Waals surface area contributed by atoms with Crippen LogP contribution in [0.1, 0.15) is 22.3 Å². The highest BCUT2D eigenvalue weighted by Crippen LogP contribution is 2.30. The first-order valence-electron chi connectivity index (χ1n) is 12.7. The van der Waals surface area contributed by atoms with Crippen LogP contribution in [0.4, 0.5) is 0 Å². The zero-order valence-electron chi connectivity index (χ0n) is 20.8. The Kier molecular flexibility index (Phi) is 8.79. The van der Waals surface area contributed by atoms with Crippen molar-refractivity contribution in [1.82, 2.24) is 0 Å². The van der Waals surface area contributed by atoms with Crippen LogP contribution in [0.2, 0.25) is 0 Å². The van der Waals surface area contributed by atoms with Gasteiger partial charge in [-0.3, -0.25) is 0 Å². The maximum Gasteiger partial charge on any atom is 0.151 e. The van der Waals surface area contributed by atoms with Crippen molar-refractivity contribution in [2.24, 2.45) is 0 Å². The molecule has 5 rings (SSSR count). The molecule has 1 aliphatic rings. The predicted molar refractivity (Wildman–Crippen MR) is 145 cm³/mol. The molecule has 4 nitrogen and oxygen atoms in total. The minimum Gasteiger partial charge on any atom is -0.485 e. The van der Waals surface area contributed by atoms with Crippen LogP contribution >= 0.6 is 0 Å². The Morgan fingerprint density at radius 3 is 1.59 bits per heavy atom. The Bertz CT molecular complexity index is 1230. The van der Waals surface area contributed by atoms with E-state index in [9.17, 15) is 0 Å². The number of hydrogen-bond acceptors (Lipinski definition) is 4. The summed E-state index contributed by atoms with van der Waals surface area (Å²) in [6.45, 7) is 1.83. The Hall–Kier alpha value is -3.70. The summed E-state index contributed by atoms with van der Waals surface area (Å²) >= 11 is 0. The van der Waals surface area contributed by atoms with Crippen molar-refractivity contribution >= 4 is 5.76 Å². The molecule has 0 saturated heterocycles. The van der Waals surface area contributed by atoms with Gasteiger partial charge in [-0.05, 0) is 22.8 Å². The molecule has 4 aromatic carbocycles. The van der Waals surface area contributed by atoms with Gasteiger partial charge in [0.2, 0.25) is 0 Å². The van der Waals surface area contributed by atoms with Crippen molar-refractivity contribution in [3.05, 3.63) is 150 Å². The lowest BCUT2D eigenvalue weighted by molar-refractivity contribution is -0.141. The van der Waals surface area contributed by atoms with Crippen LogP contribution in [0.25, 0.3) is 5.76 Å². The molecule has 3 unspecified atom stereocenters. The SMILES string of the molecule is C1=C(c2ccccc2)OC(COCc2ccccc2)C(OCc2ccccc2)C1OCc1ccccc1. The molecule has 1 heterocycles. The third-order valence-electron chi connectivity index (χ3n) is 6.31. The molecule has 0 radical (unpaired) electrons. The third-order valence-corrected chi connectivity index (χ3v) is 6.31. The molecule has 3 atom stereocenters. The second-order valence-electron chi connectivity index (χ2n) is 9.08. The molecule has 0 spiro atoms. The van der Waals surface area contributed by atoms with Gasteiger partial charge in [-0.1, -0.05) is 121 Å². The van der Waals surface area contributed by atoms with E-state index in [2.05, 4.69) is 36.4 Å². The summed E-state index contributed by atoms with van der Waals surface area (Å²) in [6.07, 6.45) is 1.06. The van der Waals surface area contributed by atoms with Crippen LogP contribution in [-0.2, 0) is 38.8 Å². The van der Waals surface area contributed by atoms with Gasteiger partial charge in [0, 0.05) is 5.56 Å². The number of ether oxygens (including phenoxy) is 4. The average Bonchev–Trinajstić information content (AvgIpc) is 2.97. The lowest BCUT2D eigenvalue weighted by atomic mass is 10.0. The summed E-state index contributed by atoms with van der Waals surface area (Å²) in [5, 5.41) is 0. The van der Waals surface area contributed by atoms with Gasteiger partial charge in [-0.15, -0.1) is 0 Å². The standard InChI is InChI=1S/C33H32O4/c1-5-13-26(14-6-1)22-34-25-32-33(36-24-28-17-9-3-10-18-28)31(35-23-27-15-7-2-8-16-27)21-30(37-32)29-19-11-4-12-20-29/h1-21,31-33H,22-25H2. The van der Waals surface area contributed by atoms with Crippen molar-refractivity contribution in [2.75, 3.05) is 6.61 Å². The van der Waals surface area contributed by atoms with E-state index in [4.69, 9.17) is 18.9 Å². The van der Waals surface area contributed by atoms with Crippen molar-refractivity contribution < 1.29 is 18.9 Å². The Balaban J connectivity index is 1.38. The Morgan fingerprint density at radius 2 is 1.03 bits per heavy atom. The Morgan fingerprint density at radius 1 is 0.541 bits per heavy atom. The lowest BCUT2D eigenvalue weighted by Gasteiger charge is -2.37. The summed E-state index contributed by atoms with van der Waals surface area (Å²) in [6, 6.07) is 40.7. The fraction of sp³-hybridized carbons (Fsp3) is 0.212. The maximum absolute atomic E-state index is 6.52. The molecule has 0 fully saturated rings. The minimum absolute atomic E-state index is 0.307. The molecule has 0 amide bonds. The molecule has 37 heavy (non-hydrogen) atoms. The van der Waals surface area contributed by atoms with Gasteiger partial charge in [0.1, 0.15) is 18.0 Å². The number of hydrogen-bond donors (Lipinski definition) is 0. The van der Waals surface area contributed by atoms with Gasteiger partial charge in [0.15, 0.2) is 6.10 Å². The zero-order chi connectivity index (χ0) is 25.1. The first-order chi connectivity index (χ1) is 18.3. The van der Waals surface area contributed by atoms with Crippen LogP contribution in [0.3, 0.4) is 0 Å². The van der Waals surface area contributed by atoms with Gasteiger partial charge < -0.3 is 18.9 Å². The van der Waals surface area contributed by atoms with Gasteiger partial charge in [0.05, 0.1) is 26.4 Å². The third kappa shape index (κ3) is 7.17. The predicted octanol–water partition coefficient (Wildman–Crippen LogP) is 6.81. The van der Waals surface area contributed by atoms with Gasteiger partial charge in [0.25, 0.3) is 0 Å². The molecular formula is C33H32O4. The number of benzene rings is 4. The van der Waals surface area contributed by atoms with Crippen molar-refractivity contribution in [3.8, 4) is 0 Å². The maximum atomic E-state index is 6.52. The van der Waals surface area contributed by atoms with Crippen molar-refractivity contribution in [1.29, 1.82) is 0 Å². The van der Waals surface area contributed by atoms with E-state index in [1.165, 1.54) is 0 Å². The Labute approximate surface area is 219 Å². The molecule has 0 aliphatic carbocycles. The molecule has 188 valence electrons. The van der Waals surface area contributed by atoms with Crippen LogP contribution in [0.5, 0.6) is 0 Å². The first kappa shape index (κ1) is 25.0. The van der Waals surface area contributed by atoms with E-state index >= 15 is 0 Å². The van der Waals surface area contributed by atoms with Crippen molar-refractivity contribution in [2.45, 2.75) is 38.1 Å². The van der Waals surface area contributed by atoms with E-state index in [0.29, 0.717) is 26.4 Å². The summed E-state index contributed by atoms with van der Waals surface area (Å²) in [5.74, 6) is 0.784. The molecule has 0 bridgehead atoms. The summed E-state index contributed by atoms with van der Waals surface area (Å²) < 4.78 is 25.6. The van der Waals surface area contributed by atoms with E-state index in [1.807, 2.05) is 91.0 Å². The van der Waals surface area contributed by atoms with E-state index < -0.39 is 0 Å². The molecule has 0 aromatic heterocycles. The molecule has 1 aliphatic heterocycles. The van der Waals surface area contributed by atoms with Gasteiger partial charge >= 0.3 is 0 Å². The lowest BCUT2D eigenvalue weighted by Crippen LogP contribution is -2.46. The fourth-order valence-corrected chi connectivity index (χ4v) is 4.37. The minimum atomic E-state index is -0.341. The summed E-state index contributed by atoms with van der Waals surface area (Å²) in [4.78, 5) is 0. The van der Waals surface area contributed by atoms with Gasteiger partial charge in [-0.2, -0.15) is 0 Å². The highest BCUT2D eigenvalue weighted by Gasteiger charge is 2.37. The normalized spacial score (nSPS) is 19.1. The molecule has 4 aromatic rings. The summed E-state index contributed by atoms with van der Waals surface area (Å²) in [5.41, 5.74) is 4.34. The van der Waals surface area contributed by atoms with E-state index in [1.54, 1.807) is 0 Å². The van der Waals surface area contributed by atoms with Gasteiger partial charge in [-0.25, -0.2) is 0 Å². The van der Waals surface area contributed by atoms with Crippen LogP contribution in [0.15, 0.2) is 127 Å². The highest BCUT2D eigenvalue weighted by molar-refractivity contribution is 5.61. The largest absolute Gasteiger partial charge is 0.485 e. The molecule has 4 heteroatoms. The second-order valence-corrected chi connectivity index (χ2v) is 9.08. The average molecular weight is 493 g/mol. The first-order valence-corrected chi connectivity index (χ1v) is 12.7. The molecular weight excluding hydrogens is 460 g/mol. The molecule has 0 N–H and O–H groups in total. The van der Waals surface area contributed by atoms with Crippen LogP contribution in [0, 0.1) is 0 Å². The van der Waals surface area contributed by atoms with Crippen LogP contribution in [-0.4, -0.2) is 24.9 Å². The monoisotopic (exact) mass is 492 g/mol. The van der Waals surface area contributed by atoms with E-state index in [-0.39, 0.29) is 18.3 Å². The second kappa shape index (κ2) is 13.0. The fourth-order valence-electron chi connectivity index (χ4n) is 4.37. The quantitative estimate of drug-likeness (QED) is 0.230. The summed E-state index contributed by atoms with van der Waals surface area (Å²) in [7, 11) is 0. The highest BCUT2D eigenvalue weighted by atomic mass is 16.6. The number of rotatable bonds is 11. The topological polar surface area (TPSA) is 36.9 Å². The van der Waals surface area contributed by atoms with Crippen LogP contribution < -0.4 is 0 Å².